The predicted molar refractivity (Wildman–Crippen MR) is 77.0 cm³/mol. The maximum atomic E-state index is 13.0. The highest BCUT2D eigenvalue weighted by Crippen LogP contribution is 2.22. The van der Waals surface area contributed by atoms with Gasteiger partial charge < -0.3 is 10.5 Å². The molecule has 0 unspecified atom stereocenters. The maximum Gasteiger partial charge on any atom is 0.263 e. The van der Waals surface area contributed by atoms with Gasteiger partial charge in [-0.1, -0.05) is 0 Å². The number of hydrogen-bond donors (Lipinski definition) is 2. The number of anilines is 2. The van der Waals surface area contributed by atoms with Gasteiger partial charge in [0.1, 0.15) is 10.7 Å². The zero-order valence-electron chi connectivity index (χ0n) is 11.2. The van der Waals surface area contributed by atoms with E-state index in [0.29, 0.717) is 12.5 Å². The molecular formula is C13H14FN3O3S. The number of nitrogens with one attached hydrogen (secondary N) is 1. The third kappa shape index (κ3) is 3.60. The predicted octanol–water partition coefficient (Wildman–Crippen LogP) is 2.00. The van der Waals surface area contributed by atoms with Crippen molar-refractivity contribution in [2.75, 3.05) is 17.1 Å². The molecule has 1 aromatic heterocycles. The summed E-state index contributed by atoms with van der Waals surface area (Å²) in [5, 5.41) is 0. The number of benzene rings is 1. The second-order valence-electron chi connectivity index (χ2n) is 4.11. The highest BCUT2D eigenvalue weighted by atomic mass is 32.2. The fourth-order valence-corrected chi connectivity index (χ4v) is 2.81. The van der Waals surface area contributed by atoms with E-state index in [-0.39, 0.29) is 16.3 Å². The Morgan fingerprint density at radius 2 is 2.10 bits per heavy atom. The third-order valence-corrected chi connectivity index (χ3v) is 4.00. The van der Waals surface area contributed by atoms with E-state index in [4.69, 9.17) is 10.5 Å². The Labute approximate surface area is 121 Å². The van der Waals surface area contributed by atoms with Crippen molar-refractivity contribution in [1.82, 2.24) is 4.98 Å². The van der Waals surface area contributed by atoms with Gasteiger partial charge in [-0.3, -0.25) is 4.72 Å². The lowest BCUT2D eigenvalue weighted by Gasteiger charge is -2.10. The minimum atomic E-state index is -3.91. The molecule has 0 saturated heterocycles. The topological polar surface area (TPSA) is 94.3 Å². The molecule has 0 bridgehead atoms. The van der Waals surface area contributed by atoms with Gasteiger partial charge in [-0.15, -0.1) is 0 Å². The van der Waals surface area contributed by atoms with Crippen LogP contribution in [0.3, 0.4) is 0 Å². The van der Waals surface area contributed by atoms with Crippen LogP contribution in [0.15, 0.2) is 41.4 Å². The van der Waals surface area contributed by atoms with Crippen molar-refractivity contribution in [2.24, 2.45) is 0 Å². The zero-order chi connectivity index (χ0) is 15.5. The molecule has 8 heteroatoms. The number of nitrogens with zero attached hydrogens (tertiary/aromatic N) is 1. The van der Waals surface area contributed by atoms with Crippen LogP contribution >= 0.6 is 0 Å². The molecule has 0 fully saturated rings. The molecule has 2 aromatic rings. The summed E-state index contributed by atoms with van der Waals surface area (Å²) in [5.74, 6) is -0.212. The second-order valence-corrected chi connectivity index (χ2v) is 5.76. The van der Waals surface area contributed by atoms with E-state index in [0.717, 1.165) is 18.2 Å². The fraction of sp³-hybridized carbons (Fsp3) is 0.154. The lowest BCUT2D eigenvalue weighted by molar-refractivity contribution is 0.327. The van der Waals surface area contributed by atoms with Crippen molar-refractivity contribution in [3.8, 4) is 5.88 Å². The van der Waals surface area contributed by atoms with Crippen molar-refractivity contribution in [3.05, 3.63) is 42.3 Å². The molecule has 0 atom stereocenters. The second kappa shape index (κ2) is 5.96. The van der Waals surface area contributed by atoms with Crippen LogP contribution in [0.2, 0.25) is 0 Å². The van der Waals surface area contributed by atoms with E-state index in [1.54, 1.807) is 0 Å². The summed E-state index contributed by atoms with van der Waals surface area (Å²) >= 11 is 0. The molecule has 1 heterocycles. The molecule has 3 N–H and O–H groups in total. The Morgan fingerprint density at radius 3 is 2.67 bits per heavy atom. The minimum Gasteiger partial charge on any atom is -0.478 e. The summed E-state index contributed by atoms with van der Waals surface area (Å²) in [7, 11) is -3.91. The van der Waals surface area contributed by atoms with Crippen LogP contribution < -0.4 is 15.2 Å². The molecule has 21 heavy (non-hydrogen) atoms. The lowest BCUT2D eigenvalue weighted by Crippen LogP contribution is -2.15. The summed E-state index contributed by atoms with van der Waals surface area (Å²) in [4.78, 5) is 3.75. The number of sulfonamides is 1. The van der Waals surface area contributed by atoms with Gasteiger partial charge in [-0.2, -0.15) is 0 Å². The number of pyridine rings is 1. The number of hydrogen-bond acceptors (Lipinski definition) is 5. The third-order valence-electron chi connectivity index (χ3n) is 2.54. The Balaban J connectivity index is 2.24. The normalized spacial score (nSPS) is 11.1. The monoisotopic (exact) mass is 311 g/mol. The van der Waals surface area contributed by atoms with Crippen molar-refractivity contribution in [2.45, 2.75) is 11.8 Å². The maximum absolute atomic E-state index is 13.0. The highest BCUT2D eigenvalue weighted by molar-refractivity contribution is 7.92. The smallest absolute Gasteiger partial charge is 0.263 e. The average molecular weight is 311 g/mol. The van der Waals surface area contributed by atoms with Gasteiger partial charge in [0.15, 0.2) is 0 Å². The molecule has 0 spiro atoms. The van der Waals surface area contributed by atoms with Crippen LogP contribution in [0.1, 0.15) is 6.92 Å². The molecular weight excluding hydrogens is 297 g/mol. The van der Waals surface area contributed by atoms with Crippen molar-refractivity contribution in [1.29, 1.82) is 0 Å². The summed E-state index contributed by atoms with van der Waals surface area (Å²) < 4.78 is 44.8. The standard InChI is InChI=1S/C13H14FN3O3S/c1-2-20-13-6-4-10(8-16-13)17-21(18,19)12-5-3-9(14)7-11(12)15/h3-8,17H,2,15H2,1H3. The van der Waals surface area contributed by atoms with E-state index < -0.39 is 15.8 Å². The first-order chi connectivity index (χ1) is 9.92. The molecule has 2 rings (SSSR count). The first kappa shape index (κ1) is 15.0. The lowest BCUT2D eigenvalue weighted by atomic mass is 10.3. The number of aromatic nitrogens is 1. The SMILES string of the molecule is CCOc1ccc(NS(=O)(=O)c2ccc(F)cc2N)cn1. The first-order valence-corrected chi connectivity index (χ1v) is 7.57. The Kier molecular flexibility index (Phi) is 4.27. The van der Waals surface area contributed by atoms with E-state index in [2.05, 4.69) is 9.71 Å². The summed E-state index contributed by atoms with van der Waals surface area (Å²) in [6, 6.07) is 6.13. The number of rotatable bonds is 5. The molecule has 6 nitrogen and oxygen atoms in total. The van der Waals surface area contributed by atoms with Crippen molar-refractivity contribution in [3.63, 3.8) is 0 Å². The minimum absolute atomic E-state index is 0.165. The average Bonchev–Trinajstić information content (AvgIpc) is 2.40. The van der Waals surface area contributed by atoms with Crippen LogP contribution in [0.4, 0.5) is 15.8 Å². The van der Waals surface area contributed by atoms with Gasteiger partial charge in [0, 0.05) is 6.07 Å². The van der Waals surface area contributed by atoms with Gasteiger partial charge in [0.2, 0.25) is 5.88 Å². The molecule has 0 aliphatic carbocycles. The van der Waals surface area contributed by atoms with Crippen LogP contribution in [0.25, 0.3) is 0 Å². The van der Waals surface area contributed by atoms with E-state index in [1.165, 1.54) is 18.3 Å². The Morgan fingerprint density at radius 1 is 1.33 bits per heavy atom. The largest absolute Gasteiger partial charge is 0.478 e. The summed E-state index contributed by atoms with van der Waals surface area (Å²) in [5.41, 5.74) is 5.62. The molecule has 0 saturated carbocycles. The summed E-state index contributed by atoms with van der Waals surface area (Å²) in [6.07, 6.45) is 1.32. The van der Waals surface area contributed by atoms with Gasteiger partial charge >= 0.3 is 0 Å². The number of nitrogen functional groups attached to an aromatic ring is 1. The fourth-order valence-electron chi connectivity index (χ4n) is 1.65. The number of halogens is 1. The van der Waals surface area contributed by atoms with E-state index >= 15 is 0 Å². The number of nitrogens with two attached hydrogens (primary N) is 1. The van der Waals surface area contributed by atoms with E-state index in [9.17, 15) is 12.8 Å². The van der Waals surface area contributed by atoms with Crippen molar-refractivity contribution >= 4 is 21.4 Å². The first-order valence-electron chi connectivity index (χ1n) is 6.09. The van der Waals surface area contributed by atoms with Gasteiger partial charge in [0.25, 0.3) is 10.0 Å². The molecule has 0 aliphatic heterocycles. The van der Waals surface area contributed by atoms with Crippen LogP contribution in [-0.4, -0.2) is 20.0 Å². The van der Waals surface area contributed by atoms with Crippen LogP contribution in [0.5, 0.6) is 5.88 Å². The highest BCUT2D eigenvalue weighted by Gasteiger charge is 2.18. The van der Waals surface area contributed by atoms with Crippen LogP contribution in [0, 0.1) is 5.82 Å². The Bertz CT molecular complexity index is 733. The van der Waals surface area contributed by atoms with Crippen molar-refractivity contribution < 1.29 is 17.5 Å². The molecule has 0 amide bonds. The molecule has 1 aromatic carbocycles. The number of ether oxygens (including phenoxy) is 1. The Hall–Kier alpha value is -2.35. The summed E-state index contributed by atoms with van der Waals surface area (Å²) in [6.45, 7) is 2.28. The van der Waals surface area contributed by atoms with E-state index in [1.807, 2.05) is 6.92 Å². The molecule has 0 radical (unpaired) electrons. The van der Waals surface area contributed by atoms with Gasteiger partial charge in [-0.05, 0) is 31.2 Å². The molecule has 0 aliphatic rings. The van der Waals surface area contributed by atoms with Gasteiger partial charge in [-0.25, -0.2) is 17.8 Å². The van der Waals surface area contributed by atoms with Gasteiger partial charge in [0.05, 0.1) is 24.2 Å². The van der Waals surface area contributed by atoms with Crippen LogP contribution in [-0.2, 0) is 10.0 Å². The molecule has 112 valence electrons. The zero-order valence-corrected chi connectivity index (χ0v) is 12.0. The quantitative estimate of drug-likeness (QED) is 0.824.